The van der Waals surface area contributed by atoms with Gasteiger partial charge in [0.25, 0.3) is 0 Å². The summed E-state index contributed by atoms with van der Waals surface area (Å²) in [5, 5.41) is 9.00. The van der Waals surface area contributed by atoms with E-state index in [0.717, 1.165) is 28.5 Å². The van der Waals surface area contributed by atoms with Gasteiger partial charge in [-0.25, -0.2) is 4.98 Å². The van der Waals surface area contributed by atoms with Gasteiger partial charge in [0, 0.05) is 5.75 Å². The van der Waals surface area contributed by atoms with Gasteiger partial charge >= 0.3 is 0 Å². The Bertz CT molecular complexity index is 555. The molecule has 2 N–H and O–H groups in total. The third-order valence-electron chi connectivity index (χ3n) is 3.12. The van der Waals surface area contributed by atoms with Crippen molar-refractivity contribution in [3.8, 4) is 6.07 Å². The molecule has 0 saturated heterocycles. The molecule has 0 amide bonds. The van der Waals surface area contributed by atoms with E-state index in [1.165, 1.54) is 4.70 Å². The molecule has 100 valence electrons. The molecule has 0 spiro atoms. The Balaban J connectivity index is 1.85. The lowest BCUT2D eigenvalue weighted by Crippen LogP contribution is -2.37. The SMILES string of the molecule is CCC(N)(C#N)CCCSc1nc2ccccc2s1. The lowest BCUT2D eigenvalue weighted by atomic mass is 9.94. The van der Waals surface area contributed by atoms with Crippen LogP contribution in [0.15, 0.2) is 28.6 Å². The van der Waals surface area contributed by atoms with Crippen LogP contribution in [0.5, 0.6) is 0 Å². The molecule has 2 rings (SSSR count). The second-order valence-corrected chi connectivity index (χ2v) is 6.89. The maximum Gasteiger partial charge on any atom is 0.151 e. The number of nitriles is 1. The minimum absolute atomic E-state index is 0.659. The third-order valence-corrected chi connectivity index (χ3v) is 5.39. The van der Waals surface area contributed by atoms with Crippen molar-refractivity contribution in [2.75, 3.05) is 5.75 Å². The Morgan fingerprint density at radius 3 is 2.95 bits per heavy atom. The zero-order chi connectivity index (χ0) is 13.7. The molecule has 0 aliphatic rings. The van der Waals surface area contributed by atoms with Gasteiger partial charge < -0.3 is 5.73 Å². The van der Waals surface area contributed by atoms with Crippen molar-refractivity contribution in [1.29, 1.82) is 5.26 Å². The molecular weight excluding hydrogens is 274 g/mol. The fourth-order valence-electron chi connectivity index (χ4n) is 1.77. The van der Waals surface area contributed by atoms with Gasteiger partial charge in [-0.2, -0.15) is 5.26 Å². The number of fused-ring (bicyclic) bond motifs is 1. The smallest absolute Gasteiger partial charge is 0.151 e. The molecule has 0 aliphatic heterocycles. The van der Waals surface area contributed by atoms with Crippen molar-refractivity contribution in [3.05, 3.63) is 24.3 Å². The first-order chi connectivity index (χ1) is 9.17. The van der Waals surface area contributed by atoms with E-state index in [2.05, 4.69) is 17.1 Å². The van der Waals surface area contributed by atoms with E-state index < -0.39 is 5.54 Å². The Morgan fingerprint density at radius 1 is 1.47 bits per heavy atom. The van der Waals surface area contributed by atoms with E-state index in [1.54, 1.807) is 23.1 Å². The maximum atomic E-state index is 9.00. The zero-order valence-corrected chi connectivity index (χ0v) is 12.6. The molecule has 0 aliphatic carbocycles. The highest BCUT2D eigenvalue weighted by Gasteiger charge is 2.21. The first-order valence-corrected chi connectivity index (χ1v) is 8.15. The van der Waals surface area contributed by atoms with Crippen LogP contribution in [0.2, 0.25) is 0 Å². The summed E-state index contributed by atoms with van der Waals surface area (Å²) in [5.41, 5.74) is 6.36. The fourth-order valence-corrected chi connectivity index (χ4v) is 3.85. The lowest BCUT2D eigenvalue weighted by Gasteiger charge is -2.18. The van der Waals surface area contributed by atoms with Crippen LogP contribution in [-0.4, -0.2) is 16.3 Å². The molecule has 1 unspecified atom stereocenters. The van der Waals surface area contributed by atoms with Gasteiger partial charge in [0.2, 0.25) is 0 Å². The number of nitrogens with two attached hydrogens (primary N) is 1. The Kier molecular flexibility index (Phi) is 4.81. The number of thiazole rings is 1. The van der Waals surface area contributed by atoms with Crippen LogP contribution in [-0.2, 0) is 0 Å². The van der Waals surface area contributed by atoms with Crippen LogP contribution >= 0.6 is 23.1 Å². The second-order valence-electron chi connectivity index (χ2n) is 4.52. The Morgan fingerprint density at radius 2 is 2.26 bits per heavy atom. The van der Waals surface area contributed by atoms with Crippen LogP contribution in [0.4, 0.5) is 0 Å². The topological polar surface area (TPSA) is 62.7 Å². The lowest BCUT2D eigenvalue weighted by molar-refractivity contribution is 0.478. The van der Waals surface area contributed by atoms with Crippen molar-refractivity contribution >= 4 is 33.3 Å². The third kappa shape index (κ3) is 3.69. The first kappa shape index (κ1) is 14.3. The summed E-state index contributed by atoms with van der Waals surface area (Å²) < 4.78 is 2.32. The van der Waals surface area contributed by atoms with Crippen molar-refractivity contribution in [2.45, 2.75) is 36.1 Å². The van der Waals surface area contributed by atoms with E-state index in [-0.39, 0.29) is 0 Å². The highest BCUT2D eigenvalue weighted by Crippen LogP contribution is 2.30. The van der Waals surface area contributed by atoms with E-state index in [1.807, 2.05) is 25.1 Å². The molecule has 0 saturated carbocycles. The standard InChI is InChI=1S/C14H17N3S2/c1-2-14(16,10-15)8-5-9-18-13-17-11-6-3-4-7-12(11)19-13/h3-4,6-7H,2,5,8-9,16H2,1H3. The normalized spacial score (nSPS) is 14.2. The number of para-hydroxylation sites is 1. The largest absolute Gasteiger partial charge is 0.313 e. The van der Waals surface area contributed by atoms with E-state index >= 15 is 0 Å². The monoisotopic (exact) mass is 291 g/mol. The van der Waals surface area contributed by atoms with Gasteiger partial charge in [0.1, 0.15) is 5.54 Å². The average Bonchev–Trinajstić information content (AvgIpc) is 2.86. The zero-order valence-electron chi connectivity index (χ0n) is 10.9. The van der Waals surface area contributed by atoms with Gasteiger partial charge in [-0.3, -0.25) is 0 Å². The molecule has 1 heterocycles. The van der Waals surface area contributed by atoms with E-state index in [0.29, 0.717) is 6.42 Å². The number of nitrogens with zero attached hydrogens (tertiary/aromatic N) is 2. The molecule has 1 atom stereocenters. The summed E-state index contributed by atoms with van der Waals surface area (Å²) >= 11 is 3.47. The number of hydrogen-bond donors (Lipinski definition) is 1. The molecule has 0 radical (unpaired) electrons. The molecule has 1 aromatic carbocycles. The predicted octanol–water partition coefficient (Wildman–Crippen LogP) is 3.80. The summed E-state index contributed by atoms with van der Waals surface area (Å²) in [6, 6.07) is 10.4. The molecular formula is C14H17N3S2. The van der Waals surface area contributed by atoms with Crippen LogP contribution in [0.1, 0.15) is 26.2 Å². The summed E-state index contributed by atoms with van der Waals surface area (Å²) in [6.07, 6.45) is 2.39. The minimum Gasteiger partial charge on any atom is -0.313 e. The number of benzene rings is 1. The molecule has 1 aromatic heterocycles. The molecule has 2 aromatic rings. The fraction of sp³-hybridized carbons (Fsp3) is 0.429. The van der Waals surface area contributed by atoms with E-state index in [9.17, 15) is 0 Å². The van der Waals surface area contributed by atoms with Crippen molar-refractivity contribution in [2.24, 2.45) is 5.73 Å². The van der Waals surface area contributed by atoms with Crippen LogP contribution in [0, 0.1) is 11.3 Å². The molecule has 19 heavy (non-hydrogen) atoms. The number of hydrogen-bond acceptors (Lipinski definition) is 5. The minimum atomic E-state index is -0.659. The molecule has 3 nitrogen and oxygen atoms in total. The summed E-state index contributed by atoms with van der Waals surface area (Å²) in [5.74, 6) is 0.959. The highest BCUT2D eigenvalue weighted by molar-refractivity contribution is 8.01. The Hall–Kier alpha value is -1.09. The summed E-state index contributed by atoms with van der Waals surface area (Å²) in [4.78, 5) is 4.57. The molecule has 0 fully saturated rings. The quantitative estimate of drug-likeness (QED) is 0.649. The van der Waals surface area contributed by atoms with Crippen molar-refractivity contribution < 1.29 is 0 Å². The summed E-state index contributed by atoms with van der Waals surface area (Å²) in [6.45, 7) is 1.96. The number of rotatable bonds is 6. The van der Waals surface area contributed by atoms with Gasteiger partial charge in [-0.1, -0.05) is 30.8 Å². The van der Waals surface area contributed by atoms with Crippen molar-refractivity contribution in [1.82, 2.24) is 4.98 Å². The Labute approximate surface area is 121 Å². The molecule has 5 heteroatoms. The van der Waals surface area contributed by atoms with Crippen LogP contribution in [0.3, 0.4) is 0 Å². The van der Waals surface area contributed by atoms with Gasteiger partial charge in [0.05, 0.1) is 16.3 Å². The van der Waals surface area contributed by atoms with Crippen LogP contribution < -0.4 is 5.73 Å². The predicted molar refractivity (Wildman–Crippen MR) is 82.4 cm³/mol. The number of aromatic nitrogens is 1. The van der Waals surface area contributed by atoms with Crippen molar-refractivity contribution in [3.63, 3.8) is 0 Å². The molecule has 0 bridgehead atoms. The van der Waals surface area contributed by atoms with Crippen LogP contribution in [0.25, 0.3) is 10.2 Å². The maximum absolute atomic E-state index is 9.00. The van der Waals surface area contributed by atoms with E-state index in [4.69, 9.17) is 11.0 Å². The summed E-state index contributed by atoms with van der Waals surface area (Å²) in [7, 11) is 0. The van der Waals surface area contributed by atoms with Gasteiger partial charge in [0.15, 0.2) is 4.34 Å². The van der Waals surface area contributed by atoms with Gasteiger partial charge in [-0.05, 0) is 31.4 Å². The first-order valence-electron chi connectivity index (χ1n) is 6.35. The second kappa shape index (κ2) is 6.38. The average molecular weight is 291 g/mol. The highest BCUT2D eigenvalue weighted by atomic mass is 32.2. The number of thioether (sulfide) groups is 1. The van der Waals surface area contributed by atoms with Gasteiger partial charge in [-0.15, -0.1) is 11.3 Å².